The Morgan fingerprint density at radius 3 is 2.80 bits per heavy atom. The van der Waals surface area contributed by atoms with Crippen molar-refractivity contribution in [2.24, 2.45) is 11.3 Å². The highest BCUT2D eigenvalue weighted by molar-refractivity contribution is 7.14. The fourth-order valence-corrected chi connectivity index (χ4v) is 7.79. The average Bonchev–Trinajstić information content (AvgIpc) is 3.47. The lowest BCUT2D eigenvalue weighted by molar-refractivity contribution is -0.144. The fourth-order valence-electron chi connectivity index (χ4n) is 6.93. The van der Waals surface area contributed by atoms with Gasteiger partial charge in [0.15, 0.2) is 5.13 Å². The molecule has 4 aliphatic rings. The maximum absolute atomic E-state index is 11.7. The van der Waals surface area contributed by atoms with Crippen LogP contribution in [0.2, 0.25) is 0 Å². The van der Waals surface area contributed by atoms with E-state index in [1.165, 1.54) is 33.4 Å². The summed E-state index contributed by atoms with van der Waals surface area (Å²) in [4.78, 5) is 21.5. The van der Waals surface area contributed by atoms with Gasteiger partial charge in [-0.05, 0) is 85.9 Å². The van der Waals surface area contributed by atoms with Gasteiger partial charge < -0.3 is 19.5 Å². The first kappa shape index (κ1) is 26.0. The number of carboxylic acid groups (broad SMARTS) is 1. The second-order valence-electron chi connectivity index (χ2n) is 12.2. The number of aromatic nitrogens is 1. The summed E-state index contributed by atoms with van der Waals surface area (Å²) in [6, 6.07) is 9.21. The first-order chi connectivity index (χ1) is 19.3. The highest BCUT2D eigenvalue weighted by Crippen LogP contribution is 2.58. The van der Waals surface area contributed by atoms with Crippen molar-refractivity contribution in [2.75, 3.05) is 37.7 Å². The Morgan fingerprint density at radius 1 is 1.20 bits per heavy atom. The molecule has 40 heavy (non-hydrogen) atoms. The lowest BCUT2D eigenvalue weighted by Crippen LogP contribution is -2.50. The van der Waals surface area contributed by atoms with Crippen LogP contribution in [0.5, 0.6) is 5.75 Å². The number of hydrogen-bond acceptors (Lipinski definition) is 7. The van der Waals surface area contributed by atoms with Gasteiger partial charge in [0, 0.05) is 37.1 Å². The minimum Gasteiger partial charge on any atom is -0.488 e. The van der Waals surface area contributed by atoms with Crippen LogP contribution in [0.3, 0.4) is 0 Å². The van der Waals surface area contributed by atoms with Crippen molar-refractivity contribution >= 4 is 22.4 Å². The lowest BCUT2D eigenvalue weighted by atomic mass is 9.88. The molecule has 0 unspecified atom stereocenters. The molecule has 0 bridgehead atoms. The number of carboxylic acids is 1. The molecule has 8 heteroatoms. The second kappa shape index (κ2) is 9.86. The number of hydrogen-bond donors (Lipinski definition) is 1. The Labute approximate surface area is 239 Å². The zero-order valence-corrected chi connectivity index (χ0v) is 24.4. The van der Waals surface area contributed by atoms with E-state index in [0.29, 0.717) is 19.1 Å². The van der Waals surface area contributed by atoms with E-state index >= 15 is 0 Å². The van der Waals surface area contributed by atoms with E-state index in [9.17, 15) is 9.90 Å². The molecule has 0 spiro atoms. The molecule has 4 heterocycles. The van der Waals surface area contributed by atoms with E-state index in [1.54, 1.807) is 11.3 Å². The molecule has 210 valence electrons. The highest BCUT2D eigenvalue weighted by Gasteiger charge is 2.62. The smallest absolute Gasteiger partial charge is 0.310 e. The van der Waals surface area contributed by atoms with Crippen molar-refractivity contribution < 1.29 is 19.4 Å². The number of thiazole rings is 1. The van der Waals surface area contributed by atoms with Crippen LogP contribution >= 0.6 is 11.3 Å². The molecule has 3 aromatic rings. The number of fused-ring (bicyclic) bond motifs is 2. The predicted molar refractivity (Wildman–Crippen MR) is 156 cm³/mol. The van der Waals surface area contributed by atoms with Crippen LogP contribution in [0, 0.1) is 32.1 Å². The van der Waals surface area contributed by atoms with Crippen molar-refractivity contribution in [2.45, 2.75) is 59.2 Å². The molecule has 1 N–H and O–H groups in total. The van der Waals surface area contributed by atoms with Gasteiger partial charge in [0.1, 0.15) is 12.4 Å². The number of aliphatic carboxylic acids is 1. The molecule has 3 fully saturated rings. The summed E-state index contributed by atoms with van der Waals surface area (Å²) >= 11 is 1.64. The predicted octanol–water partition coefficient (Wildman–Crippen LogP) is 5.37. The third-order valence-electron chi connectivity index (χ3n) is 9.80. The number of piperidine rings is 1. The molecule has 2 saturated heterocycles. The van der Waals surface area contributed by atoms with Crippen molar-refractivity contribution in [1.29, 1.82) is 0 Å². The molecule has 7 nitrogen and oxygen atoms in total. The Morgan fingerprint density at radius 2 is 2.05 bits per heavy atom. The largest absolute Gasteiger partial charge is 0.488 e. The number of aryl methyl sites for hydroxylation is 2. The maximum atomic E-state index is 11.7. The number of nitrogens with zero attached hydrogens (tertiary/aromatic N) is 3. The molecule has 3 aliphatic heterocycles. The molecular weight excluding hydrogens is 522 g/mol. The molecule has 7 rings (SSSR count). The van der Waals surface area contributed by atoms with Gasteiger partial charge in [-0.15, -0.1) is 11.3 Å². The van der Waals surface area contributed by atoms with Crippen LogP contribution in [-0.2, 0) is 29.1 Å². The third-order valence-corrected chi connectivity index (χ3v) is 10.7. The molecule has 1 aliphatic carbocycles. The summed E-state index contributed by atoms with van der Waals surface area (Å²) < 4.78 is 12.0. The Hall–Kier alpha value is -2.94. The monoisotopic (exact) mass is 559 g/mol. The number of anilines is 1. The molecular formula is C32H37N3O4S. The number of ether oxygens (including phenoxy) is 2. The molecule has 2 atom stereocenters. The van der Waals surface area contributed by atoms with E-state index < -0.39 is 11.4 Å². The van der Waals surface area contributed by atoms with E-state index in [-0.39, 0.29) is 5.92 Å². The van der Waals surface area contributed by atoms with Crippen molar-refractivity contribution in [3.63, 3.8) is 0 Å². The van der Waals surface area contributed by atoms with Gasteiger partial charge in [0.2, 0.25) is 0 Å². The maximum Gasteiger partial charge on any atom is 0.310 e. The van der Waals surface area contributed by atoms with E-state index in [1.807, 2.05) is 0 Å². The van der Waals surface area contributed by atoms with Gasteiger partial charge in [-0.25, -0.2) is 4.98 Å². The third kappa shape index (κ3) is 4.41. The normalized spacial score (nSPS) is 24.3. The summed E-state index contributed by atoms with van der Waals surface area (Å²) in [6.45, 7) is 12.5. The minimum atomic E-state index is -0.631. The first-order valence-electron chi connectivity index (χ1n) is 14.4. The SMILES string of the molecule is Cc1ccc(OCc2cc(C)c3c(c2C)CCN(C2COC2)C3)c(-c2csc(N3CC[C@@]4(C(=O)O)C[C@H]4C3)n2)c1. The average molecular weight is 560 g/mol. The van der Waals surface area contributed by atoms with Gasteiger partial charge in [-0.3, -0.25) is 9.69 Å². The Balaban J connectivity index is 1.09. The number of rotatable bonds is 7. The van der Waals surface area contributed by atoms with Gasteiger partial charge in [-0.2, -0.15) is 0 Å². The highest BCUT2D eigenvalue weighted by atomic mass is 32.1. The Kier molecular flexibility index (Phi) is 6.40. The zero-order valence-electron chi connectivity index (χ0n) is 23.5. The van der Waals surface area contributed by atoms with E-state index in [2.05, 4.69) is 60.2 Å². The van der Waals surface area contributed by atoms with Gasteiger partial charge in [0.05, 0.1) is 30.4 Å². The van der Waals surface area contributed by atoms with Gasteiger partial charge in [-0.1, -0.05) is 17.7 Å². The van der Waals surface area contributed by atoms with E-state index in [0.717, 1.165) is 74.4 Å². The fraction of sp³-hybridized carbons (Fsp3) is 0.500. The van der Waals surface area contributed by atoms with Crippen molar-refractivity contribution in [3.05, 3.63) is 63.0 Å². The Bertz CT molecular complexity index is 1480. The lowest BCUT2D eigenvalue weighted by Gasteiger charge is -2.41. The van der Waals surface area contributed by atoms with Crippen molar-refractivity contribution in [3.8, 4) is 17.0 Å². The van der Waals surface area contributed by atoms with Crippen LogP contribution < -0.4 is 9.64 Å². The topological polar surface area (TPSA) is 75.1 Å². The minimum absolute atomic E-state index is 0.238. The van der Waals surface area contributed by atoms with Gasteiger partial charge >= 0.3 is 5.97 Å². The summed E-state index contributed by atoms with van der Waals surface area (Å²) in [5.41, 5.74) is 9.55. The zero-order chi connectivity index (χ0) is 27.6. The van der Waals surface area contributed by atoms with Crippen LogP contribution in [0.15, 0.2) is 29.6 Å². The summed E-state index contributed by atoms with van der Waals surface area (Å²) in [5, 5.41) is 12.7. The van der Waals surface area contributed by atoms with Crippen LogP contribution in [0.4, 0.5) is 5.13 Å². The van der Waals surface area contributed by atoms with Gasteiger partial charge in [0.25, 0.3) is 0 Å². The second-order valence-corrected chi connectivity index (χ2v) is 13.0. The molecule has 0 radical (unpaired) electrons. The standard InChI is InChI=1S/C32H37N3O4S/c1-19-4-5-29(26(10-19)28-18-40-31(33-28)35-9-7-32(30(36)37)12-23(32)13-35)39-15-22-11-20(2)27-14-34(24-16-38-17-24)8-6-25(27)21(22)3/h4-5,10-11,18,23-24H,6-9,12-17H2,1-3H3,(H,36,37)/t23-,32+/m0/s1. The number of benzene rings is 2. The van der Waals surface area contributed by atoms with Crippen LogP contribution in [-0.4, -0.2) is 59.8 Å². The summed E-state index contributed by atoms with van der Waals surface area (Å²) in [6.07, 6.45) is 2.57. The van der Waals surface area contributed by atoms with Crippen LogP contribution in [0.25, 0.3) is 11.3 Å². The summed E-state index contributed by atoms with van der Waals surface area (Å²) in [5.74, 6) is 0.454. The number of carbonyl (C=O) groups is 1. The quantitative estimate of drug-likeness (QED) is 0.417. The molecule has 1 aromatic heterocycles. The molecule has 1 saturated carbocycles. The van der Waals surface area contributed by atoms with E-state index in [4.69, 9.17) is 14.5 Å². The molecule has 0 amide bonds. The van der Waals surface area contributed by atoms with Crippen LogP contribution in [0.1, 0.15) is 46.2 Å². The van der Waals surface area contributed by atoms with Crippen molar-refractivity contribution in [1.82, 2.24) is 9.88 Å². The molecule has 2 aromatic carbocycles. The summed E-state index contributed by atoms with van der Waals surface area (Å²) in [7, 11) is 0. The first-order valence-corrected chi connectivity index (χ1v) is 15.3.